The molecule has 0 aliphatic carbocycles. The number of hydrogen-bond donors (Lipinski definition) is 2. The molecule has 34 heavy (non-hydrogen) atoms. The van der Waals surface area contributed by atoms with Gasteiger partial charge in [0.2, 0.25) is 11.8 Å². The molecule has 0 spiro atoms. The van der Waals surface area contributed by atoms with Crippen LogP contribution in [-0.2, 0) is 11.2 Å². The van der Waals surface area contributed by atoms with Crippen molar-refractivity contribution in [2.75, 3.05) is 19.0 Å². The van der Waals surface area contributed by atoms with E-state index in [1.807, 2.05) is 32.9 Å². The third kappa shape index (κ3) is 5.09. The van der Waals surface area contributed by atoms with Crippen LogP contribution in [0.25, 0.3) is 10.9 Å². The molecule has 2 aromatic carbocycles. The van der Waals surface area contributed by atoms with Crippen LogP contribution in [0.4, 0.5) is 5.69 Å². The molecule has 2 N–H and O–H groups in total. The maximum atomic E-state index is 12.5. The summed E-state index contributed by atoms with van der Waals surface area (Å²) in [6.07, 6.45) is 3.37. The Labute approximate surface area is 197 Å². The topological polar surface area (TPSA) is 111 Å². The van der Waals surface area contributed by atoms with E-state index in [9.17, 15) is 4.79 Å². The lowest BCUT2D eigenvalue weighted by molar-refractivity contribution is -0.115. The van der Waals surface area contributed by atoms with E-state index in [1.54, 1.807) is 37.6 Å². The number of nitrogens with zero attached hydrogens (tertiary/aromatic N) is 3. The van der Waals surface area contributed by atoms with Crippen LogP contribution in [-0.4, -0.2) is 39.8 Å². The Morgan fingerprint density at radius 3 is 2.62 bits per heavy atom. The van der Waals surface area contributed by atoms with Crippen LogP contribution in [0, 0.1) is 0 Å². The minimum atomic E-state index is -0.115. The molecular formula is C25H27N5O4. The fourth-order valence-electron chi connectivity index (χ4n) is 3.56. The van der Waals surface area contributed by atoms with Crippen molar-refractivity contribution in [1.82, 2.24) is 20.2 Å². The second-order valence-corrected chi connectivity index (χ2v) is 7.94. The molecule has 9 heteroatoms. The molecule has 0 atom stereocenters. The maximum Gasteiger partial charge on any atom is 0.230 e. The largest absolute Gasteiger partial charge is 0.493 e. The first-order chi connectivity index (χ1) is 16.5. The molecule has 0 aliphatic heterocycles. The number of benzene rings is 2. The summed E-state index contributed by atoms with van der Waals surface area (Å²) in [6, 6.07) is 10.9. The molecule has 0 bridgehead atoms. The van der Waals surface area contributed by atoms with Gasteiger partial charge in [-0.15, -0.1) is 0 Å². The van der Waals surface area contributed by atoms with Crippen LogP contribution in [0.2, 0.25) is 0 Å². The van der Waals surface area contributed by atoms with Crippen LogP contribution in [0.3, 0.4) is 0 Å². The van der Waals surface area contributed by atoms with E-state index in [0.29, 0.717) is 46.3 Å². The zero-order valence-corrected chi connectivity index (χ0v) is 19.6. The third-order valence-corrected chi connectivity index (χ3v) is 5.18. The predicted octanol–water partition coefficient (Wildman–Crippen LogP) is 4.86. The van der Waals surface area contributed by atoms with Crippen molar-refractivity contribution in [1.29, 1.82) is 0 Å². The number of carbonyl (C=O) groups is 1. The highest BCUT2D eigenvalue weighted by Gasteiger charge is 2.14. The predicted molar refractivity (Wildman–Crippen MR) is 129 cm³/mol. The highest BCUT2D eigenvalue weighted by Crippen LogP contribution is 2.36. The van der Waals surface area contributed by atoms with Gasteiger partial charge in [0, 0.05) is 12.3 Å². The summed E-state index contributed by atoms with van der Waals surface area (Å²) in [7, 11) is 1.58. The third-order valence-electron chi connectivity index (χ3n) is 5.18. The van der Waals surface area contributed by atoms with Crippen LogP contribution < -0.4 is 19.5 Å². The van der Waals surface area contributed by atoms with E-state index in [0.717, 1.165) is 11.3 Å². The number of methoxy groups -OCH3 is 1. The number of amides is 1. The smallest absolute Gasteiger partial charge is 0.230 e. The molecule has 4 aromatic rings. The van der Waals surface area contributed by atoms with Gasteiger partial charge in [-0.25, -0.2) is 9.97 Å². The van der Waals surface area contributed by atoms with E-state index >= 15 is 0 Å². The monoisotopic (exact) mass is 461 g/mol. The van der Waals surface area contributed by atoms with E-state index < -0.39 is 0 Å². The second kappa shape index (κ2) is 10.2. The summed E-state index contributed by atoms with van der Waals surface area (Å²) in [5, 5.41) is 10.6. The summed E-state index contributed by atoms with van der Waals surface area (Å²) >= 11 is 0. The molecule has 0 fully saturated rings. The van der Waals surface area contributed by atoms with Gasteiger partial charge in [-0.2, -0.15) is 5.10 Å². The molecular weight excluding hydrogens is 434 g/mol. The summed E-state index contributed by atoms with van der Waals surface area (Å²) in [6.45, 7) is 6.48. The number of aromatic amines is 1. The number of hydrogen-bond acceptors (Lipinski definition) is 7. The molecule has 9 nitrogen and oxygen atoms in total. The first-order valence-corrected chi connectivity index (χ1v) is 11.0. The van der Waals surface area contributed by atoms with Gasteiger partial charge in [-0.1, -0.05) is 26.0 Å². The lowest BCUT2D eigenvalue weighted by Crippen LogP contribution is -2.15. The van der Waals surface area contributed by atoms with Crippen molar-refractivity contribution in [3.05, 3.63) is 60.2 Å². The first kappa shape index (κ1) is 23.0. The number of nitrogens with one attached hydrogen (secondary N) is 2. The van der Waals surface area contributed by atoms with E-state index in [4.69, 9.17) is 14.2 Å². The minimum absolute atomic E-state index is 0.115. The summed E-state index contributed by atoms with van der Waals surface area (Å²) in [5.74, 6) is 2.28. The molecule has 2 heterocycles. The number of H-pyrrole nitrogens is 1. The zero-order chi connectivity index (χ0) is 24.1. The average Bonchev–Trinajstić information content (AvgIpc) is 3.28. The fraction of sp³-hybridized carbons (Fsp3) is 0.280. The standard InChI is InChI=1S/C25H27N5O4/c1-5-33-22-12-19-18(11-21(22)32-4)25(27-14-26-19)34-17-8-6-16(7-9-17)10-23(31)29-20-13-28-30-24(20)15(2)3/h6-9,11-15H,5,10H2,1-4H3,(H,28,30)(H,29,31). The van der Waals surface area contributed by atoms with Crippen molar-refractivity contribution in [2.45, 2.75) is 33.1 Å². The molecule has 0 saturated carbocycles. The quantitative estimate of drug-likeness (QED) is 0.366. The lowest BCUT2D eigenvalue weighted by Gasteiger charge is -2.12. The highest BCUT2D eigenvalue weighted by molar-refractivity contribution is 5.92. The van der Waals surface area contributed by atoms with Gasteiger partial charge in [-0.3, -0.25) is 9.89 Å². The molecule has 2 aromatic heterocycles. The van der Waals surface area contributed by atoms with Gasteiger partial charge < -0.3 is 19.5 Å². The van der Waals surface area contributed by atoms with Crippen LogP contribution in [0.1, 0.15) is 37.9 Å². The van der Waals surface area contributed by atoms with E-state index in [-0.39, 0.29) is 18.2 Å². The number of fused-ring (bicyclic) bond motifs is 1. The number of rotatable bonds is 9. The minimum Gasteiger partial charge on any atom is -0.493 e. The summed E-state index contributed by atoms with van der Waals surface area (Å²) in [5.41, 5.74) is 3.08. The van der Waals surface area contributed by atoms with Gasteiger partial charge in [0.05, 0.1) is 42.4 Å². The van der Waals surface area contributed by atoms with Gasteiger partial charge in [0.25, 0.3) is 0 Å². The van der Waals surface area contributed by atoms with Crippen LogP contribution in [0.5, 0.6) is 23.1 Å². The number of aromatic nitrogens is 4. The Bertz CT molecular complexity index is 1280. The van der Waals surface area contributed by atoms with Crippen molar-refractivity contribution in [2.24, 2.45) is 0 Å². The van der Waals surface area contributed by atoms with Gasteiger partial charge in [0.1, 0.15) is 12.1 Å². The lowest BCUT2D eigenvalue weighted by atomic mass is 10.1. The van der Waals surface area contributed by atoms with Crippen LogP contribution >= 0.6 is 0 Å². The Morgan fingerprint density at radius 1 is 1.12 bits per heavy atom. The molecule has 4 rings (SSSR count). The zero-order valence-electron chi connectivity index (χ0n) is 19.6. The van der Waals surface area contributed by atoms with E-state index in [1.165, 1.54) is 6.33 Å². The second-order valence-electron chi connectivity index (χ2n) is 7.94. The fourth-order valence-corrected chi connectivity index (χ4v) is 3.56. The first-order valence-electron chi connectivity index (χ1n) is 11.0. The van der Waals surface area contributed by atoms with Gasteiger partial charge in [0.15, 0.2) is 11.5 Å². The van der Waals surface area contributed by atoms with Crippen molar-refractivity contribution in [3.8, 4) is 23.1 Å². The molecule has 0 unspecified atom stereocenters. The highest BCUT2D eigenvalue weighted by atomic mass is 16.5. The van der Waals surface area contributed by atoms with Crippen molar-refractivity contribution < 1.29 is 19.0 Å². The maximum absolute atomic E-state index is 12.5. The molecule has 176 valence electrons. The normalized spacial score (nSPS) is 11.0. The van der Waals surface area contributed by atoms with Gasteiger partial charge >= 0.3 is 0 Å². The van der Waals surface area contributed by atoms with Crippen molar-refractivity contribution in [3.63, 3.8) is 0 Å². The van der Waals surface area contributed by atoms with Gasteiger partial charge in [-0.05, 0) is 36.6 Å². The van der Waals surface area contributed by atoms with Crippen LogP contribution in [0.15, 0.2) is 48.9 Å². The Balaban J connectivity index is 1.47. The number of anilines is 1. The molecule has 0 saturated heterocycles. The Hall–Kier alpha value is -4.14. The number of carbonyl (C=O) groups excluding carboxylic acids is 1. The summed E-state index contributed by atoms with van der Waals surface area (Å²) < 4.78 is 17.1. The van der Waals surface area contributed by atoms with Crippen molar-refractivity contribution >= 4 is 22.5 Å². The Morgan fingerprint density at radius 2 is 1.91 bits per heavy atom. The molecule has 0 radical (unpaired) electrons. The number of ether oxygens (including phenoxy) is 3. The average molecular weight is 462 g/mol. The molecule has 1 amide bonds. The SMILES string of the molecule is CCOc1cc2ncnc(Oc3ccc(CC(=O)Nc4c[nH]nc4C(C)C)cc3)c2cc1OC. The molecule has 0 aliphatic rings. The summed E-state index contributed by atoms with van der Waals surface area (Å²) in [4.78, 5) is 21.1. The Kier molecular flexibility index (Phi) is 6.91. The van der Waals surface area contributed by atoms with E-state index in [2.05, 4.69) is 25.5 Å².